The summed E-state index contributed by atoms with van der Waals surface area (Å²) in [7, 11) is 0. The number of hydrogen-bond acceptors (Lipinski definition) is 5. The van der Waals surface area contributed by atoms with Crippen LogP contribution >= 0.6 is 22.6 Å². The highest BCUT2D eigenvalue weighted by Gasteiger charge is 2.23. The van der Waals surface area contributed by atoms with E-state index in [0.717, 1.165) is 45.2 Å². The average Bonchev–Trinajstić information content (AvgIpc) is 3.06. The van der Waals surface area contributed by atoms with Crippen molar-refractivity contribution in [2.75, 3.05) is 31.1 Å². The molecule has 0 saturated carbocycles. The zero-order valence-corrected chi connectivity index (χ0v) is 18.0. The molecule has 1 saturated heterocycles. The minimum atomic E-state index is 0.0872. The van der Waals surface area contributed by atoms with Crippen molar-refractivity contribution in [2.45, 2.75) is 13.8 Å². The molecule has 3 aromatic rings. The first-order valence-corrected chi connectivity index (χ1v) is 10.2. The molecular formula is C20H21IN6O. The number of aromatic nitrogens is 4. The smallest absolute Gasteiger partial charge is 0.254 e. The van der Waals surface area contributed by atoms with E-state index in [1.807, 2.05) is 59.8 Å². The fourth-order valence-electron chi connectivity index (χ4n) is 3.43. The summed E-state index contributed by atoms with van der Waals surface area (Å²) in [4.78, 5) is 25.6. The van der Waals surface area contributed by atoms with Gasteiger partial charge in [-0.2, -0.15) is 5.10 Å². The number of carbonyl (C=O) groups excluding carboxylic acids is 1. The van der Waals surface area contributed by atoms with Crippen LogP contribution in [0, 0.1) is 17.4 Å². The van der Waals surface area contributed by atoms with Crippen LogP contribution in [0.5, 0.6) is 0 Å². The van der Waals surface area contributed by atoms with Crippen LogP contribution in [0.3, 0.4) is 0 Å². The number of carbonyl (C=O) groups is 1. The summed E-state index contributed by atoms with van der Waals surface area (Å²) >= 11 is 2.23. The maximum Gasteiger partial charge on any atom is 0.254 e. The minimum absolute atomic E-state index is 0.0872. The van der Waals surface area contributed by atoms with Gasteiger partial charge in [0.15, 0.2) is 5.82 Å². The van der Waals surface area contributed by atoms with Gasteiger partial charge in [0.1, 0.15) is 12.1 Å². The standard InChI is InChI=1S/C20H21IN6O/c1-14-10-15(2)27(24-14)19-12-18(22-13-23-19)25-6-8-26(9-7-25)20(28)16-4-3-5-17(21)11-16/h3-5,10-13H,6-9H2,1-2H3. The highest BCUT2D eigenvalue weighted by atomic mass is 127. The van der Waals surface area contributed by atoms with Gasteiger partial charge in [-0.05, 0) is 60.7 Å². The van der Waals surface area contributed by atoms with Gasteiger partial charge in [-0.25, -0.2) is 14.6 Å². The summed E-state index contributed by atoms with van der Waals surface area (Å²) in [5, 5.41) is 4.50. The third-order valence-electron chi connectivity index (χ3n) is 4.83. The van der Waals surface area contributed by atoms with Crippen LogP contribution in [-0.4, -0.2) is 56.7 Å². The number of aryl methyl sites for hydroxylation is 2. The van der Waals surface area contributed by atoms with E-state index < -0.39 is 0 Å². The van der Waals surface area contributed by atoms with Gasteiger partial charge in [-0.1, -0.05) is 6.07 Å². The van der Waals surface area contributed by atoms with E-state index in [0.29, 0.717) is 13.1 Å². The Morgan fingerprint density at radius 2 is 1.75 bits per heavy atom. The number of anilines is 1. The molecule has 0 spiro atoms. The van der Waals surface area contributed by atoms with Crippen molar-refractivity contribution in [3.05, 3.63) is 63.2 Å². The number of halogens is 1. The van der Waals surface area contributed by atoms with E-state index in [9.17, 15) is 4.79 Å². The summed E-state index contributed by atoms with van der Waals surface area (Å²) in [5.41, 5.74) is 2.74. The van der Waals surface area contributed by atoms with Crippen LogP contribution in [0.2, 0.25) is 0 Å². The van der Waals surface area contributed by atoms with E-state index in [-0.39, 0.29) is 5.91 Å². The Morgan fingerprint density at radius 1 is 1.00 bits per heavy atom. The number of benzene rings is 1. The lowest BCUT2D eigenvalue weighted by Crippen LogP contribution is -2.49. The first-order valence-electron chi connectivity index (χ1n) is 9.17. The molecular weight excluding hydrogens is 467 g/mol. The molecule has 1 aromatic carbocycles. The van der Waals surface area contributed by atoms with Crippen molar-refractivity contribution < 1.29 is 4.79 Å². The van der Waals surface area contributed by atoms with Gasteiger partial charge in [0.2, 0.25) is 0 Å². The quantitative estimate of drug-likeness (QED) is 0.531. The van der Waals surface area contributed by atoms with Gasteiger partial charge >= 0.3 is 0 Å². The molecule has 0 atom stereocenters. The summed E-state index contributed by atoms with van der Waals surface area (Å²) < 4.78 is 2.90. The van der Waals surface area contributed by atoms with Crippen molar-refractivity contribution in [1.82, 2.24) is 24.6 Å². The predicted octanol–water partition coefficient (Wildman–Crippen LogP) is 2.85. The summed E-state index contributed by atoms with van der Waals surface area (Å²) in [6.45, 7) is 6.80. The molecule has 4 rings (SSSR count). The maximum atomic E-state index is 12.7. The second-order valence-corrected chi connectivity index (χ2v) is 8.11. The lowest BCUT2D eigenvalue weighted by molar-refractivity contribution is 0.0746. The van der Waals surface area contributed by atoms with E-state index in [1.165, 1.54) is 0 Å². The molecule has 144 valence electrons. The Kier molecular flexibility index (Phi) is 5.29. The molecule has 1 aliphatic heterocycles. The molecule has 28 heavy (non-hydrogen) atoms. The largest absolute Gasteiger partial charge is 0.353 e. The molecule has 0 radical (unpaired) electrons. The second-order valence-electron chi connectivity index (χ2n) is 6.86. The van der Waals surface area contributed by atoms with Crippen molar-refractivity contribution in [3.8, 4) is 5.82 Å². The minimum Gasteiger partial charge on any atom is -0.353 e. The third-order valence-corrected chi connectivity index (χ3v) is 5.50. The van der Waals surface area contributed by atoms with Gasteiger partial charge in [0.25, 0.3) is 5.91 Å². The van der Waals surface area contributed by atoms with Crippen LogP contribution in [0.15, 0.2) is 42.7 Å². The first-order chi connectivity index (χ1) is 13.5. The van der Waals surface area contributed by atoms with E-state index in [1.54, 1.807) is 6.33 Å². The lowest BCUT2D eigenvalue weighted by Gasteiger charge is -2.35. The first kappa shape index (κ1) is 18.9. The molecule has 0 N–H and O–H groups in total. The predicted molar refractivity (Wildman–Crippen MR) is 116 cm³/mol. The van der Waals surface area contributed by atoms with Crippen molar-refractivity contribution >= 4 is 34.3 Å². The highest BCUT2D eigenvalue weighted by molar-refractivity contribution is 14.1. The molecule has 1 amide bonds. The number of piperazine rings is 1. The average molecular weight is 488 g/mol. The molecule has 0 unspecified atom stereocenters. The molecule has 8 heteroatoms. The van der Waals surface area contributed by atoms with E-state index in [2.05, 4.69) is 42.6 Å². The van der Waals surface area contributed by atoms with Gasteiger partial charge < -0.3 is 9.80 Å². The van der Waals surface area contributed by atoms with Crippen molar-refractivity contribution in [1.29, 1.82) is 0 Å². The monoisotopic (exact) mass is 488 g/mol. The molecule has 0 bridgehead atoms. The molecule has 1 fully saturated rings. The van der Waals surface area contributed by atoms with Gasteiger partial charge in [-0.15, -0.1) is 0 Å². The SMILES string of the molecule is Cc1cc(C)n(-c2cc(N3CCN(C(=O)c4cccc(I)c4)CC3)ncn2)n1. The fourth-order valence-corrected chi connectivity index (χ4v) is 3.97. The third kappa shape index (κ3) is 3.87. The normalized spacial score (nSPS) is 14.4. The van der Waals surface area contributed by atoms with Crippen LogP contribution in [0.25, 0.3) is 5.82 Å². The van der Waals surface area contributed by atoms with Gasteiger partial charge in [-0.3, -0.25) is 4.79 Å². The maximum absolute atomic E-state index is 12.7. The van der Waals surface area contributed by atoms with Gasteiger partial charge in [0, 0.05) is 47.1 Å². The number of amides is 1. The van der Waals surface area contributed by atoms with E-state index >= 15 is 0 Å². The Balaban J connectivity index is 1.46. The van der Waals surface area contributed by atoms with Crippen molar-refractivity contribution in [2.24, 2.45) is 0 Å². The van der Waals surface area contributed by atoms with Crippen LogP contribution < -0.4 is 4.90 Å². The van der Waals surface area contributed by atoms with Crippen LogP contribution in [-0.2, 0) is 0 Å². The second kappa shape index (κ2) is 7.86. The Bertz CT molecular complexity index is 1010. The Morgan fingerprint density at radius 3 is 2.43 bits per heavy atom. The Hall–Kier alpha value is -2.49. The molecule has 0 aliphatic carbocycles. The zero-order chi connectivity index (χ0) is 19.7. The number of rotatable bonds is 3. The van der Waals surface area contributed by atoms with Crippen LogP contribution in [0.4, 0.5) is 5.82 Å². The molecule has 2 aromatic heterocycles. The molecule has 1 aliphatic rings. The molecule has 3 heterocycles. The number of hydrogen-bond donors (Lipinski definition) is 0. The highest BCUT2D eigenvalue weighted by Crippen LogP contribution is 2.18. The molecule has 7 nitrogen and oxygen atoms in total. The van der Waals surface area contributed by atoms with E-state index in [4.69, 9.17) is 0 Å². The Labute approximate surface area is 177 Å². The van der Waals surface area contributed by atoms with Gasteiger partial charge in [0.05, 0.1) is 5.69 Å². The summed E-state index contributed by atoms with van der Waals surface area (Å²) in [5.74, 6) is 1.70. The number of nitrogens with zero attached hydrogens (tertiary/aromatic N) is 6. The summed E-state index contributed by atoms with van der Waals surface area (Å²) in [6, 6.07) is 11.7. The fraction of sp³-hybridized carbons (Fsp3) is 0.300. The lowest BCUT2D eigenvalue weighted by atomic mass is 10.2. The topological polar surface area (TPSA) is 67.2 Å². The summed E-state index contributed by atoms with van der Waals surface area (Å²) in [6.07, 6.45) is 1.57. The van der Waals surface area contributed by atoms with Crippen molar-refractivity contribution in [3.63, 3.8) is 0 Å². The van der Waals surface area contributed by atoms with Crippen LogP contribution in [0.1, 0.15) is 21.7 Å². The zero-order valence-electron chi connectivity index (χ0n) is 15.8.